The second-order valence-electron chi connectivity index (χ2n) is 11.1. The standard InChI is InChI=1S/C33H52NO3/c1-6-8-9-10-11-12-13-14-16-20-29-23-19-24-31(25-29)37-28(3)27-36-33(35)32(7-2)34(4,5)26-30-21-17-15-18-22-30/h15,17-19,21-25,28,32H,6-14,16,20,26-27H2,1-5H3/q+1. The lowest BCUT2D eigenvalue weighted by molar-refractivity contribution is -0.919. The Morgan fingerprint density at radius 3 is 2.08 bits per heavy atom. The third-order valence-electron chi connectivity index (χ3n) is 7.20. The van der Waals surface area contributed by atoms with E-state index in [2.05, 4.69) is 58.3 Å². The second kappa shape index (κ2) is 17.2. The van der Waals surface area contributed by atoms with Crippen molar-refractivity contribution in [3.8, 4) is 5.75 Å². The molecule has 0 amide bonds. The summed E-state index contributed by atoms with van der Waals surface area (Å²) in [4.78, 5) is 13.0. The lowest BCUT2D eigenvalue weighted by Crippen LogP contribution is -2.52. The highest BCUT2D eigenvalue weighted by Crippen LogP contribution is 2.20. The van der Waals surface area contributed by atoms with Crippen molar-refractivity contribution in [3.63, 3.8) is 0 Å². The maximum absolute atomic E-state index is 13.0. The second-order valence-corrected chi connectivity index (χ2v) is 11.1. The number of hydrogen-bond donors (Lipinski definition) is 0. The Hall–Kier alpha value is -2.33. The molecule has 0 radical (unpaired) electrons. The van der Waals surface area contributed by atoms with Crippen LogP contribution in [-0.4, -0.2) is 43.3 Å². The Kier molecular flexibility index (Phi) is 14.4. The zero-order valence-electron chi connectivity index (χ0n) is 24.2. The molecule has 0 aliphatic rings. The quantitative estimate of drug-likeness (QED) is 0.109. The van der Waals surface area contributed by atoms with E-state index in [-0.39, 0.29) is 24.7 Å². The van der Waals surface area contributed by atoms with Gasteiger partial charge in [-0.05, 0) is 37.5 Å². The summed E-state index contributed by atoms with van der Waals surface area (Å²) >= 11 is 0. The number of benzene rings is 2. The zero-order chi connectivity index (χ0) is 26.9. The fraction of sp³-hybridized carbons (Fsp3) is 0.606. The molecular weight excluding hydrogens is 458 g/mol. The predicted molar refractivity (Wildman–Crippen MR) is 155 cm³/mol. The van der Waals surface area contributed by atoms with Gasteiger partial charge in [0.2, 0.25) is 0 Å². The monoisotopic (exact) mass is 510 g/mol. The Morgan fingerprint density at radius 2 is 1.43 bits per heavy atom. The van der Waals surface area contributed by atoms with Crippen LogP contribution in [0, 0.1) is 0 Å². The van der Waals surface area contributed by atoms with Gasteiger partial charge in [-0.3, -0.25) is 0 Å². The maximum atomic E-state index is 13.0. The van der Waals surface area contributed by atoms with E-state index in [1.165, 1.54) is 68.9 Å². The van der Waals surface area contributed by atoms with Gasteiger partial charge in [-0.25, -0.2) is 4.79 Å². The average Bonchev–Trinajstić information content (AvgIpc) is 2.87. The third-order valence-corrected chi connectivity index (χ3v) is 7.20. The summed E-state index contributed by atoms with van der Waals surface area (Å²) in [6.07, 6.45) is 13.7. The highest BCUT2D eigenvalue weighted by molar-refractivity contribution is 5.74. The summed E-state index contributed by atoms with van der Waals surface area (Å²) in [5.74, 6) is 0.696. The van der Waals surface area contributed by atoms with E-state index in [4.69, 9.17) is 9.47 Å². The number of rotatable bonds is 19. The van der Waals surface area contributed by atoms with E-state index in [0.717, 1.165) is 25.1 Å². The van der Waals surface area contributed by atoms with Gasteiger partial charge in [0.1, 0.15) is 25.0 Å². The molecule has 2 rings (SSSR count). The van der Waals surface area contributed by atoms with E-state index < -0.39 is 0 Å². The molecule has 0 fully saturated rings. The highest BCUT2D eigenvalue weighted by Gasteiger charge is 2.35. The molecule has 4 nitrogen and oxygen atoms in total. The zero-order valence-corrected chi connectivity index (χ0v) is 24.2. The minimum absolute atomic E-state index is 0.155. The number of aryl methyl sites for hydroxylation is 1. The van der Waals surface area contributed by atoms with Gasteiger partial charge < -0.3 is 14.0 Å². The van der Waals surface area contributed by atoms with Crippen molar-refractivity contribution < 1.29 is 18.8 Å². The SMILES string of the molecule is CCCCCCCCCCCc1cccc(OC(C)COC(=O)C(CC)[N+](C)(C)Cc2ccccc2)c1. The molecule has 0 saturated heterocycles. The first-order valence-electron chi connectivity index (χ1n) is 14.6. The smallest absolute Gasteiger partial charge is 0.365 e. The first kappa shape index (κ1) is 30.9. The van der Waals surface area contributed by atoms with Gasteiger partial charge in [0.25, 0.3) is 0 Å². The van der Waals surface area contributed by atoms with Crippen molar-refractivity contribution in [2.45, 2.75) is 110 Å². The largest absolute Gasteiger partial charge is 0.487 e. The molecule has 0 heterocycles. The number of carbonyl (C=O) groups excluding carboxylic acids is 1. The molecule has 0 spiro atoms. The summed E-state index contributed by atoms with van der Waals surface area (Å²) in [6.45, 7) is 7.32. The molecule has 37 heavy (non-hydrogen) atoms. The highest BCUT2D eigenvalue weighted by atomic mass is 16.6. The van der Waals surface area contributed by atoms with Crippen LogP contribution in [0.1, 0.15) is 96.1 Å². The molecule has 0 N–H and O–H groups in total. The van der Waals surface area contributed by atoms with Crippen molar-refractivity contribution in [2.24, 2.45) is 0 Å². The van der Waals surface area contributed by atoms with Gasteiger partial charge in [0.05, 0.1) is 14.1 Å². The minimum atomic E-state index is -0.216. The molecule has 206 valence electrons. The number of esters is 1. The topological polar surface area (TPSA) is 35.5 Å². The van der Waals surface area contributed by atoms with Crippen LogP contribution in [0.5, 0.6) is 5.75 Å². The minimum Gasteiger partial charge on any atom is -0.487 e. The Bertz CT molecular complexity index is 880. The molecule has 0 aromatic heterocycles. The van der Waals surface area contributed by atoms with E-state index in [1.807, 2.05) is 31.2 Å². The normalized spacial score (nSPS) is 13.2. The van der Waals surface area contributed by atoms with Crippen LogP contribution in [0.3, 0.4) is 0 Å². The first-order chi connectivity index (χ1) is 17.9. The van der Waals surface area contributed by atoms with Crippen molar-refractivity contribution in [2.75, 3.05) is 20.7 Å². The van der Waals surface area contributed by atoms with Crippen LogP contribution in [0.15, 0.2) is 54.6 Å². The predicted octanol–water partition coefficient (Wildman–Crippen LogP) is 8.13. The summed E-state index contributed by atoms with van der Waals surface area (Å²) < 4.78 is 12.4. The summed E-state index contributed by atoms with van der Waals surface area (Å²) in [6, 6.07) is 18.5. The lowest BCUT2D eigenvalue weighted by Gasteiger charge is -2.36. The molecule has 2 aromatic rings. The van der Waals surface area contributed by atoms with Crippen LogP contribution in [0.2, 0.25) is 0 Å². The van der Waals surface area contributed by atoms with Crippen LogP contribution in [-0.2, 0) is 22.5 Å². The third kappa shape index (κ3) is 12.2. The van der Waals surface area contributed by atoms with Crippen LogP contribution >= 0.6 is 0 Å². The van der Waals surface area contributed by atoms with E-state index in [0.29, 0.717) is 4.48 Å². The Labute approximate surface area is 227 Å². The molecule has 0 aliphatic carbocycles. The molecule has 2 unspecified atom stereocenters. The van der Waals surface area contributed by atoms with Gasteiger partial charge in [-0.2, -0.15) is 0 Å². The van der Waals surface area contributed by atoms with Crippen LogP contribution in [0.4, 0.5) is 0 Å². The molecule has 0 saturated carbocycles. The van der Waals surface area contributed by atoms with E-state index >= 15 is 0 Å². The van der Waals surface area contributed by atoms with Crippen molar-refractivity contribution in [1.29, 1.82) is 0 Å². The summed E-state index contributed by atoms with van der Waals surface area (Å²) in [7, 11) is 4.20. The van der Waals surface area contributed by atoms with Gasteiger partial charge >= 0.3 is 5.97 Å². The fourth-order valence-corrected chi connectivity index (χ4v) is 5.09. The number of quaternary nitrogens is 1. The van der Waals surface area contributed by atoms with Gasteiger partial charge in [-0.1, -0.05) is 108 Å². The van der Waals surface area contributed by atoms with Gasteiger partial charge in [0, 0.05) is 12.0 Å². The number of unbranched alkanes of at least 4 members (excludes halogenated alkanes) is 8. The molecule has 0 bridgehead atoms. The molecule has 4 heteroatoms. The van der Waals surface area contributed by atoms with Crippen molar-refractivity contribution in [1.82, 2.24) is 0 Å². The van der Waals surface area contributed by atoms with E-state index in [1.54, 1.807) is 0 Å². The summed E-state index contributed by atoms with van der Waals surface area (Å²) in [5, 5.41) is 0. The van der Waals surface area contributed by atoms with Gasteiger partial charge in [0.15, 0.2) is 6.04 Å². The molecule has 2 atom stereocenters. The lowest BCUT2D eigenvalue weighted by atomic mass is 10.0. The molecule has 0 aliphatic heterocycles. The average molecular weight is 511 g/mol. The first-order valence-corrected chi connectivity index (χ1v) is 14.6. The van der Waals surface area contributed by atoms with Crippen LogP contribution in [0.25, 0.3) is 0 Å². The molecular formula is C33H52NO3+. The van der Waals surface area contributed by atoms with Crippen molar-refractivity contribution in [3.05, 3.63) is 65.7 Å². The van der Waals surface area contributed by atoms with Gasteiger partial charge in [-0.15, -0.1) is 0 Å². The Balaban J connectivity index is 1.73. The number of nitrogens with zero attached hydrogens (tertiary/aromatic N) is 1. The van der Waals surface area contributed by atoms with Crippen LogP contribution < -0.4 is 4.74 Å². The number of ether oxygens (including phenoxy) is 2. The van der Waals surface area contributed by atoms with Crippen molar-refractivity contribution >= 4 is 5.97 Å². The maximum Gasteiger partial charge on any atom is 0.365 e. The number of hydrogen-bond acceptors (Lipinski definition) is 3. The summed E-state index contributed by atoms with van der Waals surface area (Å²) in [5.41, 5.74) is 2.54. The Morgan fingerprint density at radius 1 is 0.811 bits per heavy atom. The number of carbonyl (C=O) groups is 1. The van der Waals surface area contributed by atoms with E-state index in [9.17, 15) is 4.79 Å². The molecule has 2 aromatic carbocycles. The fourth-order valence-electron chi connectivity index (χ4n) is 5.09. The number of likely N-dealkylation sites (N-methyl/N-ethyl adjacent to an activating group) is 1.